The molecule has 1 fully saturated rings. The third kappa shape index (κ3) is 1.48. The van der Waals surface area contributed by atoms with Gasteiger partial charge in [-0.2, -0.15) is 0 Å². The Balaban J connectivity index is 2.35. The second kappa shape index (κ2) is 3.24. The molecule has 1 aromatic rings. The predicted octanol–water partition coefficient (Wildman–Crippen LogP) is 1.95. The summed E-state index contributed by atoms with van der Waals surface area (Å²) >= 11 is 0. The Bertz CT molecular complexity index is 345. The fourth-order valence-corrected chi connectivity index (χ4v) is 1.95. The Morgan fingerprint density at radius 3 is 2.64 bits per heavy atom. The highest BCUT2D eigenvalue weighted by atomic mass is 19.1. The number of aliphatic hydroxyl groups excluding tert-OH is 1. The van der Waals surface area contributed by atoms with Crippen molar-refractivity contribution in [2.45, 2.75) is 24.7 Å². The lowest BCUT2D eigenvalue weighted by atomic mass is 9.92. The van der Waals surface area contributed by atoms with Crippen LogP contribution in [0.25, 0.3) is 0 Å². The van der Waals surface area contributed by atoms with Crippen molar-refractivity contribution in [3.63, 3.8) is 0 Å². The molecule has 0 aromatic heterocycles. The second-order valence-corrected chi connectivity index (χ2v) is 3.92. The number of phenolic OH excluding ortho intramolecular Hbond substituents is 1. The highest BCUT2D eigenvalue weighted by Crippen LogP contribution is 2.53. The summed E-state index contributed by atoms with van der Waals surface area (Å²) in [5.74, 6) is -0.195. The van der Waals surface area contributed by atoms with Crippen LogP contribution in [0.1, 0.15) is 24.8 Å². The summed E-state index contributed by atoms with van der Waals surface area (Å²) in [5, 5.41) is 18.5. The fourth-order valence-electron chi connectivity index (χ4n) is 1.95. The molecule has 3 heteroatoms. The third-order valence-corrected chi connectivity index (χ3v) is 2.97. The predicted molar refractivity (Wildman–Crippen MR) is 50.7 cm³/mol. The molecule has 76 valence electrons. The molecule has 0 radical (unpaired) electrons. The van der Waals surface area contributed by atoms with E-state index in [-0.39, 0.29) is 23.6 Å². The molecule has 0 aliphatic heterocycles. The van der Waals surface area contributed by atoms with E-state index in [0.717, 1.165) is 12.8 Å². The van der Waals surface area contributed by atoms with Gasteiger partial charge in [0, 0.05) is 17.6 Å². The first kappa shape index (κ1) is 9.46. The Morgan fingerprint density at radius 1 is 1.36 bits per heavy atom. The first-order valence-electron chi connectivity index (χ1n) is 4.78. The van der Waals surface area contributed by atoms with Gasteiger partial charge < -0.3 is 10.2 Å². The number of rotatable bonds is 3. The van der Waals surface area contributed by atoms with Gasteiger partial charge in [0.25, 0.3) is 0 Å². The minimum absolute atomic E-state index is 0.0793. The number of aromatic hydroxyl groups is 1. The number of aliphatic hydroxyl groups is 1. The van der Waals surface area contributed by atoms with Crippen LogP contribution in [-0.2, 0) is 5.41 Å². The summed E-state index contributed by atoms with van der Waals surface area (Å²) in [7, 11) is 0. The minimum atomic E-state index is -0.331. The van der Waals surface area contributed by atoms with Crippen molar-refractivity contribution >= 4 is 0 Å². The maximum absolute atomic E-state index is 13.0. The van der Waals surface area contributed by atoms with E-state index < -0.39 is 0 Å². The summed E-state index contributed by atoms with van der Waals surface area (Å²) in [6.45, 7) is 0.0793. The molecule has 0 atom stereocenters. The van der Waals surface area contributed by atoms with Gasteiger partial charge in [0.2, 0.25) is 0 Å². The Labute approximate surface area is 82.0 Å². The van der Waals surface area contributed by atoms with Crippen molar-refractivity contribution < 1.29 is 14.6 Å². The molecule has 2 N–H and O–H groups in total. The smallest absolute Gasteiger partial charge is 0.123 e. The quantitative estimate of drug-likeness (QED) is 0.775. The van der Waals surface area contributed by atoms with E-state index in [1.807, 2.05) is 0 Å². The topological polar surface area (TPSA) is 40.5 Å². The van der Waals surface area contributed by atoms with Crippen molar-refractivity contribution in [1.82, 2.24) is 0 Å². The van der Waals surface area contributed by atoms with E-state index in [1.165, 1.54) is 18.2 Å². The lowest BCUT2D eigenvalue weighted by Crippen LogP contribution is -2.09. The van der Waals surface area contributed by atoms with E-state index in [0.29, 0.717) is 12.0 Å². The fraction of sp³-hybridized carbons (Fsp3) is 0.455. The number of phenols is 1. The summed E-state index contributed by atoms with van der Waals surface area (Å²) in [5.41, 5.74) is 0.479. The van der Waals surface area contributed by atoms with Gasteiger partial charge in [0.1, 0.15) is 11.6 Å². The lowest BCUT2D eigenvalue weighted by molar-refractivity contribution is 0.269. The van der Waals surface area contributed by atoms with Crippen molar-refractivity contribution in [3.05, 3.63) is 29.6 Å². The van der Waals surface area contributed by atoms with E-state index in [1.54, 1.807) is 0 Å². The van der Waals surface area contributed by atoms with E-state index in [4.69, 9.17) is 5.11 Å². The standard InChI is InChI=1S/C11H13FO2/c12-8-1-2-10(14)9(7-8)11(3-4-11)5-6-13/h1-2,7,13-14H,3-6H2. The van der Waals surface area contributed by atoms with Gasteiger partial charge >= 0.3 is 0 Å². The normalized spacial score (nSPS) is 18.1. The molecule has 0 amide bonds. The Hall–Kier alpha value is -1.09. The van der Waals surface area contributed by atoms with Gasteiger partial charge in [-0.15, -0.1) is 0 Å². The van der Waals surface area contributed by atoms with Gasteiger partial charge in [-0.05, 0) is 37.5 Å². The number of hydrogen-bond donors (Lipinski definition) is 2. The monoisotopic (exact) mass is 196 g/mol. The van der Waals surface area contributed by atoms with Crippen LogP contribution in [0.2, 0.25) is 0 Å². The zero-order valence-corrected chi connectivity index (χ0v) is 7.83. The molecular formula is C11H13FO2. The zero-order chi connectivity index (χ0) is 10.2. The van der Waals surface area contributed by atoms with Crippen LogP contribution in [0.5, 0.6) is 5.75 Å². The van der Waals surface area contributed by atoms with Gasteiger partial charge in [-0.25, -0.2) is 4.39 Å². The average molecular weight is 196 g/mol. The molecule has 1 aromatic carbocycles. The van der Waals surface area contributed by atoms with Crippen LogP contribution in [-0.4, -0.2) is 16.8 Å². The molecular weight excluding hydrogens is 183 g/mol. The van der Waals surface area contributed by atoms with Crippen molar-refractivity contribution in [2.75, 3.05) is 6.61 Å². The van der Waals surface area contributed by atoms with Crippen molar-refractivity contribution in [3.8, 4) is 5.75 Å². The molecule has 1 saturated carbocycles. The maximum atomic E-state index is 13.0. The first-order chi connectivity index (χ1) is 6.68. The van der Waals surface area contributed by atoms with E-state index >= 15 is 0 Å². The van der Waals surface area contributed by atoms with Crippen LogP contribution in [0, 0.1) is 5.82 Å². The molecule has 1 aliphatic carbocycles. The molecule has 0 bridgehead atoms. The van der Waals surface area contributed by atoms with Gasteiger partial charge in [-0.1, -0.05) is 0 Å². The number of halogens is 1. The minimum Gasteiger partial charge on any atom is -0.508 e. The summed E-state index contributed by atoms with van der Waals surface area (Å²) < 4.78 is 13.0. The van der Waals surface area contributed by atoms with Crippen LogP contribution < -0.4 is 0 Å². The highest BCUT2D eigenvalue weighted by Gasteiger charge is 2.45. The summed E-state index contributed by atoms with van der Waals surface area (Å²) in [4.78, 5) is 0. The highest BCUT2D eigenvalue weighted by molar-refractivity contribution is 5.42. The first-order valence-corrected chi connectivity index (χ1v) is 4.78. The molecule has 2 nitrogen and oxygen atoms in total. The van der Waals surface area contributed by atoms with Crippen molar-refractivity contribution in [1.29, 1.82) is 0 Å². The summed E-state index contributed by atoms with van der Waals surface area (Å²) in [6, 6.07) is 3.99. The molecule has 14 heavy (non-hydrogen) atoms. The summed E-state index contributed by atoms with van der Waals surface area (Å²) in [6.07, 6.45) is 2.44. The maximum Gasteiger partial charge on any atom is 0.123 e. The Morgan fingerprint density at radius 2 is 2.07 bits per heavy atom. The number of hydrogen-bond acceptors (Lipinski definition) is 2. The number of benzene rings is 1. The molecule has 0 heterocycles. The zero-order valence-electron chi connectivity index (χ0n) is 7.83. The lowest BCUT2D eigenvalue weighted by Gasteiger charge is -2.15. The van der Waals surface area contributed by atoms with Crippen LogP contribution in [0.3, 0.4) is 0 Å². The third-order valence-electron chi connectivity index (χ3n) is 2.97. The van der Waals surface area contributed by atoms with Gasteiger partial charge in [0.15, 0.2) is 0 Å². The molecule has 2 rings (SSSR count). The Kier molecular flexibility index (Phi) is 2.19. The average Bonchev–Trinajstić information content (AvgIpc) is 2.91. The van der Waals surface area contributed by atoms with Gasteiger partial charge in [-0.3, -0.25) is 0 Å². The molecule has 0 spiro atoms. The van der Waals surface area contributed by atoms with Crippen LogP contribution in [0.15, 0.2) is 18.2 Å². The van der Waals surface area contributed by atoms with Crippen LogP contribution in [0.4, 0.5) is 4.39 Å². The van der Waals surface area contributed by atoms with Crippen LogP contribution >= 0.6 is 0 Å². The van der Waals surface area contributed by atoms with E-state index in [2.05, 4.69) is 0 Å². The largest absolute Gasteiger partial charge is 0.508 e. The second-order valence-electron chi connectivity index (χ2n) is 3.92. The molecule has 0 unspecified atom stereocenters. The molecule has 0 saturated heterocycles. The SMILES string of the molecule is OCCC1(c2cc(F)ccc2O)CC1. The van der Waals surface area contributed by atoms with Gasteiger partial charge in [0.05, 0.1) is 0 Å². The van der Waals surface area contributed by atoms with Crippen molar-refractivity contribution in [2.24, 2.45) is 0 Å². The van der Waals surface area contributed by atoms with E-state index in [9.17, 15) is 9.50 Å². The molecule has 1 aliphatic rings.